The molecule has 22 heavy (non-hydrogen) atoms. The number of hydrogen-bond acceptors (Lipinski definition) is 1. The van der Waals surface area contributed by atoms with Gasteiger partial charge >= 0.3 is 0 Å². The van der Waals surface area contributed by atoms with E-state index < -0.39 is 0 Å². The maximum absolute atomic E-state index is 3.80. The molecule has 0 aliphatic rings. The number of fused-ring (bicyclic) bond motifs is 1. The minimum absolute atomic E-state index is 1.08. The van der Waals surface area contributed by atoms with Gasteiger partial charge in [0.1, 0.15) is 0 Å². The molecule has 0 nitrogen and oxygen atoms in total. The smallest absolute Gasteiger partial charge is 0.0381 e. The second kappa shape index (κ2) is 6.76. The third-order valence-corrected chi connectivity index (χ3v) is 5.33. The van der Waals surface area contributed by atoms with Crippen LogP contribution < -0.4 is 0 Å². The standard InChI is InChI=1S/C21H20S/c1-3-4-12-18-19-13-8-9-16(2)21(19)22-20(18)15-14-17-10-6-5-7-11-17/h3-13H,1,14-15H2,2H3/b12-4-. The van der Waals surface area contributed by atoms with Crippen molar-refractivity contribution in [3.63, 3.8) is 0 Å². The highest BCUT2D eigenvalue weighted by Crippen LogP contribution is 2.35. The first-order valence-corrected chi connectivity index (χ1v) is 8.45. The van der Waals surface area contributed by atoms with E-state index in [1.807, 2.05) is 23.5 Å². The van der Waals surface area contributed by atoms with Gasteiger partial charge in [0.25, 0.3) is 0 Å². The fourth-order valence-electron chi connectivity index (χ4n) is 2.76. The first-order chi connectivity index (χ1) is 10.8. The van der Waals surface area contributed by atoms with Gasteiger partial charge in [0, 0.05) is 15.0 Å². The Labute approximate surface area is 136 Å². The summed E-state index contributed by atoms with van der Waals surface area (Å²) in [5, 5.41) is 1.37. The topological polar surface area (TPSA) is 0 Å². The molecule has 1 aromatic heterocycles. The third-order valence-electron chi connectivity index (χ3n) is 3.91. The molecule has 0 amide bonds. The molecule has 0 bridgehead atoms. The van der Waals surface area contributed by atoms with Crippen molar-refractivity contribution in [1.29, 1.82) is 0 Å². The largest absolute Gasteiger partial charge is 0.139 e. The molecule has 1 heteroatoms. The molecule has 0 saturated heterocycles. The molecule has 0 aliphatic heterocycles. The molecule has 3 rings (SSSR count). The van der Waals surface area contributed by atoms with Gasteiger partial charge in [-0.2, -0.15) is 0 Å². The molecular weight excluding hydrogens is 284 g/mol. The predicted octanol–water partition coefficient (Wildman–Crippen LogP) is 6.19. The van der Waals surface area contributed by atoms with E-state index in [4.69, 9.17) is 0 Å². The van der Waals surface area contributed by atoms with Crippen LogP contribution in [0.5, 0.6) is 0 Å². The van der Waals surface area contributed by atoms with E-state index in [9.17, 15) is 0 Å². The van der Waals surface area contributed by atoms with Gasteiger partial charge in [0.15, 0.2) is 0 Å². The van der Waals surface area contributed by atoms with Crippen molar-refractivity contribution in [2.24, 2.45) is 0 Å². The molecule has 0 spiro atoms. The van der Waals surface area contributed by atoms with Crippen LogP contribution in [0.25, 0.3) is 16.2 Å². The van der Waals surface area contributed by atoms with Gasteiger partial charge in [-0.15, -0.1) is 11.3 Å². The zero-order chi connectivity index (χ0) is 15.4. The lowest BCUT2D eigenvalue weighted by Crippen LogP contribution is -1.90. The predicted molar refractivity (Wildman–Crippen MR) is 99.6 cm³/mol. The molecule has 2 aromatic carbocycles. The van der Waals surface area contributed by atoms with Crippen LogP contribution in [0, 0.1) is 6.92 Å². The van der Waals surface area contributed by atoms with Crippen molar-refractivity contribution in [2.75, 3.05) is 0 Å². The molecule has 3 aromatic rings. The molecular formula is C21H20S. The number of hydrogen-bond donors (Lipinski definition) is 0. The zero-order valence-electron chi connectivity index (χ0n) is 12.9. The highest BCUT2D eigenvalue weighted by molar-refractivity contribution is 7.19. The van der Waals surface area contributed by atoms with Gasteiger partial charge in [0.05, 0.1) is 0 Å². The summed E-state index contributed by atoms with van der Waals surface area (Å²) in [5.41, 5.74) is 4.12. The summed E-state index contributed by atoms with van der Waals surface area (Å²) < 4.78 is 1.41. The number of benzene rings is 2. The Morgan fingerprint density at radius 3 is 2.59 bits per heavy atom. The van der Waals surface area contributed by atoms with Crippen LogP contribution in [0.1, 0.15) is 21.6 Å². The summed E-state index contributed by atoms with van der Waals surface area (Å²) in [6.45, 7) is 5.99. The Bertz CT molecular complexity index is 807. The SMILES string of the molecule is C=C/C=C\c1c(CCc2ccccc2)sc2c(C)cccc12. The van der Waals surface area contributed by atoms with Gasteiger partial charge in [-0.3, -0.25) is 0 Å². The summed E-state index contributed by atoms with van der Waals surface area (Å²) in [6, 6.07) is 17.3. The summed E-state index contributed by atoms with van der Waals surface area (Å²) in [5.74, 6) is 0. The van der Waals surface area contributed by atoms with Crippen LogP contribution in [0.4, 0.5) is 0 Å². The highest BCUT2D eigenvalue weighted by Gasteiger charge is 2.11. The summed E-state index contributed by atoms with van der Waals surface area (Å²) >= 11 is 1.93. The molecule has 0 aliphatic carbocycles. The van der Waals surface area contributed by atoms with Crippen LogP contribution in [-0.2, 0) is 12.8 Å². The van der Waals surface area contributed by atoms with Gasteiger partial charge in [-0.25, -0.2) is 0 Å². The summed E-state index contributed by atoms with van der Waals surface area (Å²) in [4.78, 5) is 1.46. The third kappa shape index (κ3) is 3.05. The first-order valence-electron chi connectivity index (χ1n) is 7.63. The minimum Gasteiger partial charge on any atom is -0.139 e. The molecule has 1 heterocycles. The Kier molecular flexibility index (Phi) is 4.55. The lowest BCUT2D eigenvalue weighted by molar-refractivity contribution is 0.980. The quantitative estimate of drug-likeness (QED) is 0.493. The fourth-order valence-corrected chi connectivity index (χ4v) is 4.02. The van der Waals surface area contributed by atoms with Crippen LogP contribution in [0.15, 0.2) is 67.3 Å². The Hall–Kier alpha value is -2.12. The van der Waals surface area contributed by atoms with Gasteiger partial charge in [-0.05, 0) is 36.5 Å². The molecule has 0 saturated carbocycles. The van der Waals surface area contributed by atoms with Gasteiger partial charge in [-0.1, -0.05) is 73.3 Å². The van der Waals surface area contributed by atoms with E-state index in [-0.39, 0.29) is 0 Å². The van der Waals surface area contributed by atoms with Gasteiger partial charge in [0.2, 0.25) is 0 Å². The van der Waals surface area contributed by atoms with Crippen LogP contribution >= 0.6 is 11.3 Å². The van der Waals surface area contributed by atoms with Crippen molar-refractivity contribution in [1.82, 2.24) is 0 Å². The molecule has 0 radical (unpaired) electrons. The second-order valence-corrected chi connectivity index (χ2v) is 6.58. The molecule has 0 unspecified atom stereocenters. The Morgan fingerprint density at radius 1 is 1.00 bits per heavy atom. The normalized spacial score (nSPS) is 11.3. The lowest BCUT2D eigenvalue weighted by Gasteiger charge is -2.01. The average molecular weight is 304 g/mol. The van der Waals surface area contributed by atoms with Crippen molar-refractivity contribution in [2.45, 2.75) is 19.8 Å². The zero-order valence-corrected chi connectivity index (χ0v) is 13.7. The van der Waals surface area contributed by atoms with E-state index in [2.05, 4.69) is 68.1 Å². The summed E-state index contributed by atoms with van der Waals surface area (Å²) in [6.07, 6.45) is 8.25. The highest BCUT2D eigenvalue weighted by atomic mass is 32.1. The van der Waals surface area contributed by atoms with Crippen LogP contribution in [0.2, 0.25) is 0 Å². The van der Waals surface area contributed by atoms with Gasteiger partial charge < -0.3 is 0 Å². The number of aryl methyl sites for hydroxylation is 3. The Balaban J connectivity index is 1.98. The van der Waals surface area contributed by atoms with E-state index in [0.717, 1.165) is 12.8 Å². The number of allylic oxidation sites excluding steroid dienone is 2. The lowest BCUT2D eigenvalue weighted by atomic mass is 10.0. The maximum Gasteiger partial charge on any atom is 0.0381 e. The van der Waals surface area contributed by atoms with E-state index in [1.54, 1.807) is 0 Å². The van der Waals surface area contributed by atoms with Crippen molar-refractivity contribution < 1.29 is 0 Å². The van der Waals surface area contributed by atoms with Crippen LogP contribution in [0.3, 0.4) is 0 Å². The number of rotatable bonds is 5. The molecule has 0 atom stereocenters. The average Bonchev–Trinajstić information content (AvgIpc) is 2.91. The maximum atomic E-state index is 3.80. The number of thiophene rings is 1. The fraction of sp³-hybridized carbons (Fsp3) is 0.143. The first kappa shape index (κ1) is 14.8. The summed E-state index contributed by atoms with van der Waals surface area (Å²) in [7, 11) is 0. The second-order valence-electron chi connectivity index (χ2n) is 5.47. The molecule has 0 fully saturated rings. The van der Waals surface area contributed by atoms with Crippen LogP contribution in [-0.4, -0.2) is 0 Å². The van der Waals surface area contributed by atoms with Crippen molar-refractivity contribution in [3.8, 4) is 0 Å². The molecule has 110 valence electrons. The van der Waals surface area contributed by atoms with E-state index >= 15 is 0 Å². The minimum atomic E-state index is 1.08. The van der Waals surface area contributed by atoms with Crippen molar-refractivity contribution in [3.05, 3.63) is 88.8 Å². The van der Waals surface area contributed by atoms with Crippen molar-refractivity contribution >= 4 is 27.5 Å². The van der Waals surface area contributed by atoms with E-state index in [1.165, 1.54) is 31.7 Å². The monoisotopic (exact) mass is 304 g/mol. The van der Waals surface area contributed by atoms with E-state index in [0.29, 0.717) is 0 Å². The molecule has 0 N–H and O–H groups in total. The Morgan fingerprint density at radius 2 is 1.82 bits per heavy atom.